The van der Waals surface area contributed by atoms with Crippen molar-refractivity contribution in [3.8, 4) is 0 Å². The van der Waals surface area contributed by atoms with E-state index >= 15 is 0 Å². The van der Waals surface area contributed by atoms with Gasteiger partial charge in [-0.15, -0.1) is 11.3 Å². The predicted octanol–water partition coefficient (Wildman–Crippen LogP) is 4.30. The molecule has 0 atom stereocenters. The Morgan fingerprint density at radius 2 is 1.86 bits per heavy atom. The third-order valence-corrected chi connectivity index (χ3v) is 5.31. The maximum atomic E-state index is 13.1. The van der Waals surface area contributed by atoms with Crippen LogP contribution in [0, 0.1) is 0 Å². The van der Waals surface area contributed by atoms with Gasteiger partial charge < -0.3 is 14.4 Å². The van der Waals surface area contributed by atoms with Gasteiger partial charge in [0.2, 0.25) is 0 Å². The number of ether oxygens (including phenoxy) is 2. The Balaban J connectivity index is 2.16. The fourth-order valence-electron chi connectivity index (χ4n) is 2.79. The zero-order valence-corrected chi connectivity index (χ0v) is 18.7. The molecule has 29 heavy (non-hydrogen) atoms. The van der Waals surface area contributed by atoms with Crippen molar-refractivity contribution < 1.29 is 19.1 Å². The first-order valence-electron chi connectivity index (χ1n) is 9.76. The molecule has 158 valence electrons. The molecule has 0 aliphatic heterocycles. The van der Waals surface area contributed by atoms with Crippen molar-refractivity contribution in [1.82, 2.24) is 9.88 Å². The van der Waals surface area contributed by atoms with Crippen molar-refractivity contribution in [2.45, 2.75) is 46.1 Å². The van der Waals surface area contributed by atoms with Crippen LogP contribution >= 0.6 is 11.3 Å². The van der Waals surface area contributed by atoms with Crippen LogP contribution in [0.25, 0.3) is 0 Å². The Bertz CT molecular complexity index is 809. The highest BCUT2D eigenvalue weighted by Gasteiger charge is 2.20. The molecule has 1 aromatic carbocycles. The van der Waals surface area contributed by atoms with Crippen molar-refractivity contribution in [2.24, 2.45) is 0 Å². The van der Waals surface area contributed by atoms with E-state index in [-0.39, 0.29) is 17.0 Å². The molecule has 2 aromatic rings. The van der Waals surface area contributed by atoms with Crippen LogP contribution in [0.4, 0.5) is 0 Å². The third-order valence-electron chi connectivity index (χ3n) is 4.48. The van der Waals surface area contributed by atoms with Gasteiger partial charge in [-0.25, -0.2) is 9.78 Å². The molecule has 0 bridgehead atoms. The second kappa shape index (κ2) is 10.5. The minimum Gasteiger partial charge on any atom is -0.464 e. The first-order chi connectivity index (χ1) is 13.8. The number of carbonyl (C=O) groups is 2. The van der Waals surface area contributed by atoms with Crippen molar-refractivity contribution in [1.29, 1.82) is 0 Å². The number of thiazole rings is 1. The van der Waals surface area contributed by atoms with Crippen LogP contribution in [0.5, 0.6) is 0 Å². The Kier molecular flexibility index (Phi) is 8.34. The molecule has 6 nitrogen and oxygen atoms in total. The van der Waals surface area contributed by atoms with E-state index < -0.39 is 5.97 Å². The Labute approximate surface area is 176 Å². The monoisotopic (exact) mass is 418 g/mol. The molecule has 0 spiro atoms. The summed E-state index contributed by atoms with van der Waals surface area (Å²) in [6.07, 6.45) is 0.731. The number of hydrogen-bond donors (Lipinski definition) is 0. The van der Waals surface area contributed by atoms with Gasteiger partial charge in [-0.1, -0.05) is 32.9 Å². The van der Waals surface area contributed by atoms with Crippen LogP contribution in [0.1, 0.15) is 65.5 Å². The molecule has 0 saturated carbocycles. The molecule has 7 heteroatoms. The van der Waals surface area contributed by atoms with Gasteiger partial charge in [0.1, 0.15) is 5.01 Å². The largest absolute Gasteiger partial charge is 0.464 e. The Morgan fingerprint density at radius 1 is 1.17 bits per heavy atom. The van der Waals surface area contributed by atoms with E-state index in [1.807, 2.05) is 31.2 Å². The van der Waals surface area contributed by atoms with Crippen LogP contribution in [0.15, 0.2) is 29.6 Å². The summed E-state index contributed by atoms with van der Waals surface area (Å²) in [6, 6.07) is 7.76. The number of nitrogens with zero attached hydrogens (tertiary/aromatic N) is 2. The highest BCUT2D eigenvalue weighted by molar-refractivity contribution is 7.09. The van der Waals surface area contributed by atoms with Crippen molar-refractivity contribution in [2.75, 3.05) is 26.9 Å². The minimum absolute atomic E-state index is 0.0317. The van der Waals surface area contributed by atoms with Crippen molar-refractivity contribution >= 4 is 23.2 Å². The maximum Gasteiger partial charge on any atom is 0.357 e. The second-order valence-electron chi connectivity index (χ2n) is 7.72. The van der Waals surface area contributed by atoms with E-state index in [9.17, 15) is 9.59 Å². The first kappa shape index (κ1) is 23.0. The summed E-state index contributed by atoms with van der Waals surface area (Å²) in [4.78, 5) is 30.9. The average molecular weight is 419 g/mol. The highest BCUT2D eigenvalue weighted by atomic mass is 32.1. The van der Waals surface area contributed by atoms with Gasteiger partial charge in [-0.2, -0.15) is 0 Å². The molecular weight excluding hydrogens is 388 g/mol. The van der Waals surface area contributed by atoms with Gasteiger partial charge in [0, 0.05) is 30.7 Å². The van der Waals surface area contributed by atoms with Gasteiger partial charge in [0.25, 0.3) is 5.91 Å². The summed E-state index contributed by atoms with van der Waals surface area (Å²) >= 11 is 1.35. The molecule has 0 radical (unpaired) electrons. The van der Waals surface area contributed by atoms with E-state index in [1.54, 1.807) is 10.3 Å². The number of hydrogen-bond acceptors (Lipinski definition) is 6. The normalized spacial score (nSPS) is 11.3. The lowest BCUT2D eigenvalue weighted by Crippen LogP contribution is -2.32. The van der Waals surface area contributed by atoms with E-state index in [1.165, 1.54) is 24.0 Å². The van der Waals surface area contributed by atoms with Crippen LogP contribution in [-0.4, -0.2) is 48.6 Å². The van der Waals surface area contributed by atoms with Crippen LogP contribution in [0.3, 0.4) is 0 Å². The summed E-state index contributed by atoms with van der Waals surface area (Å²) in [6.45, 7) is 10.5. The standard InChI is InChI=1S/C22H30N2O4S/c1-6-28-13-7-12-24(14-19-23-18(15-29-19)21(26)27-5)20(25)16-8-10-17(11-9-16)22(2,3)4/h8-11,15H,6-7,12-14H2,1-5H3. The Morgan fingerprint density at radius 3 is 2.45 bits per heavy atom. The highest BCUT2D eigenvalue weighted by Crippen LogP contribution is 2.23. The van der Waals surface area contributed by atoms with Crippen LogP contribution < -0.4 is 0 Å². The van der Waals surface area contributed by atoms with Gasteiger partial charge >= 0.3 is 5.97 Å². The number of carbonyl (C=O) groups excluding carboxylic acids is 2. The van der Waals surface area contributed by atoms with Gasteiger partial charge in [0.15, 0.2) is 5.69 Å². The summed E-state index contributed by atoms with van der Waals surface area (Å²) in [5.74, 6) is -0.531. The maximum absolute atomic E-state index is 13.1. The SMILES string of the molecule is CCOCCCN(Cc1nc(C(=O)OC)cs1)C(=O)c1ccc(C(C)(C)C)cc1. The fourth-order valence-corrected chi connectivity index (χ4v) is 3.57. The predicted molar refractivity (Wildman–Crippen MR) is 114 cm³/mol. The number of rotatable bonds is 9. The number of benzene rings is 1. The quantitative estimate of drug-likeness (QED) is 0.449. The first-order valence-corrected chi connectivity index (χ1v) is 10.6. The second-order valence-corrected chi connectivity index (χ2v) is 8.67. The minimum atomic E-state index is -0.473. The number of esters is 1. The molecule has 0 aliphatic carbocycles. The van der Waals surface area contributed by atoms with Gasteiger partial charge in [0.05, 0.1) is 13.7 Å². The summed E-state index contributed by atoms with van der Waals surface area (Å²) < 4.78 is 10.1. The fraction of sp³-hybridized carbons (Fsp3) is 0.500. The lowest BCUT2D eigenvalue weighted by molar-refractivity contribution is 0.0594. The molecule has 0 aliphatic rings. The summed E-state index contributed by atoms with van der Waals surface area (Å²) in [5, 5.41) is 2.35. The number of methoxy groups -OCH3 is 1. The number of aromatic nitrogens is 1. The molecular formula is C22H30N2O4S. The lowest BCUT2D eigenvalue weighted by atomic mass is 9.86. The zero-order chi connectivity index (χ0) is 21.4. The molecule has 0 unspecified atom stereocenters. The lowest BCUT2D eigenvalue weighted by Gasteiger charge is -2.23. The van der Waals surface area contributed by atoms with Crippen molar-refractivity contribution in [3.63, 3.8) is 0 Å². The molecule has 1 amide bonds. The average Bonchev–Trinajstić information content (AvgIpc) is 3.17. The Hall–Kier alpha value is -2.25. The van der Waals surface area contributed by atoms with Gasteiger partial charge in [-0.3, -0.25) is 4.79 Å². The van der Waals surface area contributed by atoms with Crippen molar-refractivity contribution in [3.05, 3.63) is 51.5 Å². The van der Waals surface area contributed by atoms with E-state index in [4.69, 9.17) is 9.47 Å². The zero-order valence-electron chi connectivity index (χ0n) is 17.9. The topological polar surface area (TPSA) is 68.7 Å². The van der Waals surface area contributed by atoms with Crippen LogP contribution in [-0.2, 0) is 21.4 Å². The third kappa shape index (κ3) is 6.65. The smallest absolute Gasteiger partial charge is 0.357 e. The number of amides is 1. The molecule has 0 fully saturated rings. The molecule has 1 heterocycles. The van der Waals surface area contributed by atoms with E-state index in [0.29, 0.717) is 36.9 Å². The van der Waals surface area contributed by atoms with E-state index in [0.717, 1.165) is 6.42 Å². The van der Waals surface area contributed by atoms with Crippen LogP contribution in [0.2, 0.25) is 0 Å². The van der Waals surface area contributed by atoms with Gasteiger partial charge in [-0.05, 0) is 36.5 Å². The molecule has 1 aromatic heterocycles. The van der Waals surface area contributed by atoms with E-state index in [2.05, 4.69) is 25.8 Å². The molecule has 0 saturated heterocycles. The molecule has 2 rings (SSSR count). The molecule has 0 N–H and O–H groups in total. The summed E-state index contributed by atoms with van der Waals surface area (Å²) in [5.41, 5.74) is 2.12. The summed E-state index contributed by atoms with van der Waals surface area (Å²) in [7, 11) is 1.33.